The minimum Gasteiger partial charge on any atom is -0.323 e. The Morgan fingerprint density at radius 2 is 2.00 bits per heavy atom. The van der Waals surface area contributed by atoms with Gasteiger partial charge in [-0.25, -0.2) is 0 Å². The molecule has 13 heavy (non-hydrogen) atoms. The third-order valence-corrected chi connectivity index (χ3v) is 2.73. The lowest BCUT2D eigenvalue weighted by Gasteiger charge is -2.17. The number of nitrogens with two attached hydrogens (primary N) is 1. The van der Waals surface area contributed by atoms with Crippen LogP contribution in [0.3, 0.4) is 0 Å². The summed E-state index contributed by atoms with van der Waals surface area (Å²) in [6, 6.07) is 8.36. The molecule has 0 heterocycles. The Morgan fingerprint density at radius 3 is 2.69 bits per heavy atom. The summed E-state index contributed by atoms with van der Waals surface area (Å²) in [5, 5.41) is 3.84. The maximum absolute atomic E-state index is 5.36. The Kier molecular flexibility index (Phi) is 1.65. The fourth-order valence-electron chi connectivity index (χ4n) is 2.05. The molecule has 0 amide bonds. The largest absolute Gasteiger partial charge is 0.323 e. The molecule has 2 rings (SSSR count). The van der Waals surface area contributed by atoms with E-state index in [1.165, 1.54) is 11.1 Å². The normalized spacial score (nSPS) is 21.8. The number of benzene rings is 1. The Hall–Kier alpha value is -1.31. The van der Waals surface area contributed by atoms with Crippen LogP contribution in [0.25, 0.3) is 0 Å². The van der Waals surface area contributed by atoms with Crippen LogP contribution >= 0.6 is 0 Å². The molecule has 1 aromatic carbocycles. The maximum atomic E-state index is 5.36. The minimum absolute atomic E-state index is 0.189. The van der Waals surface area contributed by atoms with Crippen molar-refractivity contribution < 1.29 is 0 Å². The van der Waals surface area contributed by atoms with E-state index in [0.29, 0.717) is 0 Å². The van der Waals surface area contributed by atoms with Crippen LogP contribution < -0.4 is 5.84 Å². The molecule has 0 fully saturated rings. The molecule has 0 aromatic heterocycles. The molecule has 68 valence electrons. The average molecular weight is 174 g/mol. The minimum atomic E-state index is 0.189. The van der Waals surface area contributed by atoms with Crippen LogP contribution in [-0.4, -0.2) is 5.71 Å². The van der Waals surface area contributed by atoms with E-state index in [4.69, 9.17) is 5.84 Å². The summed E-state index contributed by atoms with van der Waals surface area (Å²) in [6.45, 7) is 4.45. The second-order valence-electron chi connectivity index (χ2n) is 4.18. The Bertz CT molecular complexity index is 364. The van der Waals surface area contributed by atoms with Gasteiger partial charge in [0.05, 0.1) is 5.71 Å². The van der Waals surface area contributed by atoms with E-state index < -0.39 is 0 Å². The molecule has 2 heteroatoms. The van der Waals surface area contributed by atoms with Gasteiger partial charge >= 0.3 is 0 Å². The van der Waals surface area contributed by atoms with Crippen LogP contribution in [0, 0.1) is 0 Å². The summed E-state index contributed by atoms with van der Waals surface area (Å²) in [4.78, 5) is 0. The Balaban J connectivity index is 2.64. The van der Waals surface area contributed by atoms with E-state index in [-0.39, 0.29) is 5.41 Å². The Labute approximate surface area is 78.5 Å². The molecule has 0 saturated carbocycles. The Morgan fingerprint density at radius 1 is 1.31 bits per heavy atom. The molecule has 0 bridgehead atoms. The zero-order valence-corrected chi connectivity index (χ0v) is 8.04. The molecule has 1 aliphatic carbocycles. The van der Waals surface area contributed by atoms with E-state index in [1.807, 2.05) is 6.07 Å². The lowest BCUT2D eigenvalue weighted by Crippen LogP contribution is -2.12. The third kappa shape index (κ3) is 1.13. The van der Waals surface area contributed by atoms with Gasteiger partial charge in [-0.1, -0.05) is 38.1 Å². The van der Waals surface area contributed by atoms with Crippen LogP contribution in [0.4, 0.5) is 0 Å². The van der Waals surface area contributed by atoms with E-state index >= 15 is 0 Å². The van der Waals surface area contributed by atoms with Crippen molar-refractivity contribution in [2.75, 3.05) is 0 Å². The molecule has 0 unspecified atom stereocenters. The number of hydrogen-bond donors (Lipinski definition) is 1. The van der Waals surface area contributed by atoms with Gasteiger partial charge in [0.15, 0.2) is 0 Å². The van der Waals surface area contributed by atoms with E-state index in [0.717, 1.165) is 12.1 Å². The quantitative estimate of drug-likeness (QED) is 0.474. The van der Waals surface area contributed by atoms with Crippen LogP contribution in [0.5, 0.6) is 0 Å². The van der Waals surface area contributed by atoms with Crippen LogP contribution in [0.15, 0.2) is 29.4 Å². The first kappa shape index (κ1) is 8.30. The van der Waals surface area contributed by atoms with Gasteiger partial charge < -0.3 is 5.84 Å². The highest BCUT2D eigenvalue weighted by Gasteiger charge is 2.33. The van der Waals surface area contributed by atoms with Gasteiger partial charge in [0.1, 0.15) is 0 Å². The molecule has 0 radical (unpaired) electrons. The summed E-state index contributed by atoms with van der Waals surface area (Å²) in [5.74, 6) is 5.36. The second-order valence-corrected chi connectivity index (χ2v) is 4.18. The van der Waals surface area contributed by atoms with Gasteiger partial charge in [-0.05, 0) is 11.0 Å². The maximum Gasteiger partial charge on any atom is 0.0684 e. The van der Waals surface area contributed by atoms with Crippen molar-refractivity contribution in [1.82, 2.24) is 0 Å². The van der Waals surface area contributed by atoms with Crippen LogP contribution in [0.2, 0.25) is 0 Å². The van der Waals surface area contributed by atoms with Gasteiger partial charge in [-0.15, -0.1) is 0 Å². The van der Waals surface area contributed by atoms with Gasteiger partial charge in [-0.3, -0.25) is 0 Å². The predicted molar refractivity (Wildman–Crippen MR) is 54.8 cm³/mol. The molecular weight excluding hydrogens is 160 g/mol. The third-order valence-electron chi connectivity index (χ3n) is 2.73. The van der Waals surface area contributed by atoms with Gasteiger partial charge in [-0.2, -0.15) is 5.10 Å². The lowest BCUT2D eigenvalue weighted by molar-refractivity contribution is 0.567. The zero-order valence-electron chi connectivity index (χ0n) is 8.04. The molecule has 1 aliphatic rings. The first-order valence-corrected chi connectivity index (χ1v) is 4.52. The fourth-order valence-corrected chi connectivity index (χ4v) is 2.05. The topological polar surface area (TPSA) is 38.4 Å². The number of nitrogens with zero attached hydrogens (tertiary/aromatic N) is 1. The molecule has 0 saturated heterocycles. The fraction of sp³-hybridized carbons (Fsp3) is 0.364. The summed E-state index contributed by atoms with van der Waals surface area (Å²) >= 11 is 0. The number of hydrogen-bond acceptors (Lipinski definition) is 2. The molecule has 2 nitrogen and oxygen atoms in total. The molecule has 0 spiro atoms. The standard InChI is InChI=1S/C11H14N2/c1-11(2)7-10(13-12)8-5-3-4-6-9(8)11/h3-6H,7,12H2,1-2H3. The summed E-state index contributed by atoms with van der Waals surface area (Å²) in [5.41, 5.74) is 3.80. The van der Waals surface area contributed by atoms with Gasteiger partial charge in [0.2, 0.25) is 0 Å². The monoisotopic (exact) mass is 174 g/mol. The average Bonchev–Trinajstić information content (AvgIpc) is 2.39. The highest BCUT2D eigenvalue weighted by molar-refractivity contribution is 6.05. The van der Waals surface area contributed by atoms with Crippen molar-refractivity contribution in [3.8, 4) is 0 Å². The van der Waals surface area contributed by atoms with Gasteiger partial charge in [0, 0.05) is 12.0 Å². The van der Waals surface area contributed by atoms with Crippen molar-refractivity contribution in [2.45, 2.75) is 25.7 Å². The first-order valence-electron chi connectivity index (χ1n) is 4.52. The summed E-state index contributed by atoms with van der Waals surface area (Å²) < 4.78 is 0. The molecule has 2 N–H and O–H groups in total. The van der Waals surface area contributed by atoms with Crippen LogP contribution in [-0.2, 0) is 5.41 Å². The first-order chi connectivity index (χ1) is 6.15. The highest BCUT2D eigenvalue weighted by atomic mass is 15.1. The zero-order chi connectivity index (χ0) is 9.47. The molecule has 0 atom stereocenters. The van der Waals surface area contributed by atoms with Crippen LogP contribution in [0.1, 0.15) is 31.4 Å². The summed E-state index contributed by atoms with van der Waals surface area (Å²) in [6.07, 6.45) is 0.947. The number of hydrazone groups is 1. The second kappa shape index (κ2) is 2.59. The molecule has 1 aromatic rings. The van der Waals surface area contributed by atoms with Crippen molar-refractivity contribution in [3.05, 3.63) is 35.4 Å². The molecule has 0 aliphatic heterocycles. The smallest absolute Gasteiger partial charge is 0.0684 e. The SMILES string of the molecule is CC1(C)CC(=NN)c2ccccc21. The lowest BCUT2D eigenvalue weighted by atomic mass is 9.87. The predicted octanol–water partition coefficient (Wildman–Crippen LogP) is 2.03. The van der Waals surface area contributed by atoms with Crippen molar-refractivity contribution in [2.24, 2.45) is 10.9 Å². The summed E-state index contributed by atoms with van der Waals surface area (Å²) in [7, 11) is 0. The van der Waals surface area contributed by atoms with Crippen molar-refractivity contribution in [3.63, 3.8) is 0 Å². The van der Waals surface area contributed by atoms with E-state index in [9.17, 15) is 0 Å². The van der Waals surface area contributed by atoms with Gasteiger partial charge in [0.25, 0.3) is 0 Å². The highest BCUT2D eigenvalue weighted by Crippen LogP contribution is 2.37. The van der Waals surface area contributed by atoms with Crippen molar-refractivity contribution >= 4 is 5.71 Å². The number of rotatable bonds is 0. The van der Waals surface area contributed by atoms with E-state index in [2.05, 4.69) is 37.1 Å². The van der Waals surface area contributed by atoms with E-state index in [1.54, 1.807) is 0 Å². The number of fused-ring (bicyclic) bond motifs is 1. The molecular formula is C11H14N2. The van der Waals surface area contributed by atoms with Crippen molar-refractivity contribution in [1.29, 1.82) is 0 Å².